The van der Waals surface area contributed by atoms with E-state index in [1.165, 1.54) is 23.4 Å². The van der Waals surface area contributed by atoms with Crippen LogP contribution in [0.3, 0.4) is 0 Å². The van der Waals surface area contributed by atoms with Gasteiger partial charge in [-0.25, -0.2) is 8.42 Å². The van der Waals surface area contributed by atoms with Gasteiger partial charge in [-0.15, -0.1) is 11.3 Å². The first-order valence-corrected chi connectivity index (χ1v) is 10.6. The van der Waals surface area contributed by atoms with Gasteiger partial charge in [0.1, 0.15) is 10.3 Å². The third-order valence-electron chi connectivity index (χ3n) is 4.15. The standard InChI is InChI=1S/C17H17ClN2O4S2/c1-11(21)12-4-2-5-13(10-12)19-17(22)14-6-3-9-20(14)26(23,24)16-8-7-15(18)25-16/h2,4-5,7-8,10,14H,3,6,9H2,1H3,(H,19,22)/t14-/m0/s1. The molecule has 0 bridgehead atoms. The summed E-state index contributed by atoms with van der Waals surface area (Å²) in [5.74, 6) is -0.518. The van der Waals surface area contributed by atoms with Crippen LogP contribution in [0.5, 0.6) is 0 Å². The molecule has 1 aromatic carbocycles. The molecule has 26 heavy (non-hydrogen) atoms. The summed E-state index contributed by atoms with van der Waals surface area (Å²) in [6.07, 6.45) is 1.04. The Morgan fingerprint density at radius 3 is 2.69 bits per heavy atom. The molecule has 2 heterocycles. The van der Waals surface area contributed by atoms with Gasteiger partial charge in [-0.3, -0.25) is 9.59 Å². The number of sulfonamides is 1. The molecule has 3 rings (SSSR count). The van der Waals surface area contributed by atoms with Gasteiger partial charge in [-0.1, -0.05) is 23.7 Å². The Kier molecular flexibility index (Phi) is 5.47. The van der Waals surface area contributed by atoms with Crippen molar-refractivity contribution in [3.63, 3.8) is 0 Å². The molecule has 0 unspecified atom stereocenters. The number of hydrogen-bond acceptors (Lipinski definition) is 5. The number of thiophene rings is 1. The second-order valence-corrected chi connectivity index (χ2v) is 9.79. The van der Waals surface area contributed by atoms with Crippen molar-refractivity contribution in [2.24, 2.45) is 0 Å². The highest BCUT2D eigenvalue weighted by atomic mass is 35.5. The van der Waals surface area contributed by atoms with Gasteiger partial charge in [0.15, 0.2) is 5.78 Å². The molecule has 6 nitrogen and oxygen atoms in total. The van der Waals surface area contributed by atoms with Gasteiger partial charge in [0.05, 0.1) is 4.34 Å². The summed E-state index contributed by atoms with van der Waals surface area (Å²) in [7, 11) is -3.77. The average Bonchev–Trinajstić information content (AvgIpc) is 3.24. The van der Waals surface area contributed by atoms with Crippen molar-refractivity contribution >= 4 is 50.3 Å². The number of hydrogen-bond donors (Lipinski definition) is 1. The molecule has 1 fully saturated rings. The van der Waals surface area contributed by atoms with E-state index in [0.717, 1.165) is 11.3 Å². The van der Waals surface area contributed by atoms with Crippen LogP contribution in [0.4, 0.5) is 5.69 Å². The Bertz CT molecular complexity index is 955. The third-order valence-corrected chi connectivity index (χ3v) is 7.76. The van der Waals surface area contributed by atoms with Crippen LogP contribution in [0, 0.1) is 0 Å². The SMILES string of the molecule is CC(=O)c1cccc(NC(=O)[C@@H]2CCCN2S(=O)(=O)c2ccc(Cl)s2)c1. The maximum absolute atomic E-state index is 12.8. The number of carbonyl (C=O) groups excluding carboxylic acids is 2. The number of amides is 1. The number of carbonyl (C=O) groups is 2. The summed E-state index contributed by atoms with van der Waals surface area (Å²) in [4.78, 5) is 24.1. The molecule has 1 saturated heterocycles. The monoisotopic (exact) mass is 412 g/mol. The van der Waals surface area contributed by atoms with E-state index in [-0.39, 0.29) is 16.5 Å². The summed E-state index contributed by atoms with van der Waals surface area (Å²) in [5, 5.41) is 2.72. The van der Waals surface area contributed by atoms with Gasteiger partial charge in [-0.2, -0.15) is 4.31 Å². The number of rotatable bonds is 5. The molecular formula is C17H17ClN2O4S2. The Morgan fingerprint density at radius 2 is 2.04 bits per heavy atom. The van der Waals surface area contributed by atoms with E-state index < -0.39 is 22.0 Å². The first-order chi connectivity index (χ1) is 12.3. The average molecular weight is 413 g/mol. The Balaban J connectivity index is 1.80. The third kappa shape index (κ3) is 3.83. The number of anilines is 1. The molecule has 138 valence electrons. The predicted molar refractivity (Wildman–Crippen MR) is 101 cm³/mol. The van der Waals surface area contributed by atoms with Crippen LogP contribution in [0.1, 0.15) is 30.1 Å². The maximum atomic E-state index is 12.8. The van der Waals surface area contributed by atoms with Crippen LogP contribution < -0.4 is 5.32 Å². The summed E-state index contributed by atoms with van der Waals surface area (Å²) in [5.41, 5.74) is 0.943. The zero-order chi connectivity index (χ0) is 18.9. The zero-order valence-corrected chi connectivity index (χ0v) is 16.3. The van der Waals surface area contributed by atoms with E-state index in [0.29, 0.717) is 28.4 Å². The van der Waals surface area contributed by atoms with E-state index in [9.17, 15) is 18.0 Å². The van der Waals surface area contributed by atoms with Gasteiger partial charge in [0.2, 0.25) is 5.91 Å². The van der Waals surface area contributed by atoms with Crippen molar-refractivity contribution < 1.29 is 18.0 Å². The smallest absolute Gasteiger partial charge is 0.253 e. The Hall–Kier alpha value is -1.74. The van der Waals surface area contributed by atoms with Crippen molar-refractivity contribution in [1.82, 2.24) is 4.31 Å². The molecule has 9 heteroatoms. The fraction of sp³-hybridized carbons (Fsp3) is 0.294. The maximum Gasteiger partial charge on any atom is 0.253 e. The van der Waals surface area contributed by atoms with E-state index in [4.69, 9.17) is 11.6 Å². The topological polar surface area (TPSA) is 83.6 Å². The van der Waals surface area contributed by atoms with Gasteiger partial charge < -0.3 is 5.32 Å². The quantitative estimate of drug-likeness (QED) is 0.763. The Morgan fingerprint density at radius 1 is 1.27 bits per heavy atom. The van der Waals surface area contributed by atoms with E-state index >= 15 is 0 Å². The summed E-state index contributed by atoms with van der Waals surface area (Å²) < 4.78 is 27.3. The molecule has 0 saturated carbocycles. The van der Waals surface area contributed by atoms with Crippen LogP contribution >= 0.6 is 22.9 Å². The van der Waals surface area contributed by atoms with Crippen LogP contribution in [-0.4, -0.2) is 37.0 Å². The lowest BCUT2D eigenvalue weighted by Gasteiger charge is -2.22. The first kappa shape index (κ1) is 19.0. The molecule has 0 aliphatic carbocycles. The number of Topliss-reactive ketones (excluding diaryl/α,β-unsaturated/α-hetero) is 1. The van der Waals surface area contributed by atoms with Crippen molar-refractivity contribution in [1.29, 1.82) is 0 Å². The number of halogens is 1. The predicted octanol–water partition coefficient (Wildman–Crippen LogP) is 3.40. The number of nitrogens with one attached hydrogen (secondary N) is 1. The number of nitrogens with zero attached hydrogens (tertiary/aromatic N) is 1. The van der Waals surface area contributed by atoms with Gasteiger partial charge in [0, 0.05) is 17.8 Å². The molecule has 1 amide bonds. The molecule has 1 aromatic heterocycles. The molecule has 1 aliphatic rings. The Labute approximate surface area is 160 Å². The lowest BCUT2D eigenvalue weighted by Crippen LogP contribution is -2.42. The highest BCUT2D eigenvalue weighted by molar-refractivity contribution is 7.91. The molecule has 0 radical (unpaired) electrons. The van der Waals surface area contributed by atoms with Crippen molar-refractivity contribution in [3.8, 4) is 0 Å². The van der Waals surface area contributed by atoms with Gasteiger partial charge in [0.25, 0.3) is 10.0 Å². The summed E-state index contributed by atoms with van der Waals surface area (Å²) in [6.45, 7) is 1.72. The molecule has 1 aliphatic heterocycles. The largest absolute Gasteiger partial charge is 0.325 e. The van der Waals surface area contributed by atoms with Crippen LogP contribution in [0.15, 0.2) is 40.6 Å². The van der Waals surface area contributed by atoms with Crippen LogP contribution in [0.25, 0.3) is 0 Å². The number of benzene rings is 1. The lowest BCUT2D eigenvalue weighted by atomic mass is 10.1. The molecular weight excluding hydrogens is 396 g/mol. The second-order valence-electron chi connectivity index (χ2n) is 5.96. The second kappa shape index (κ2) is 7.48. The summed E-state index contributed by atoms with van der Waals surface area (Å²) in [6, 6.07) is 8.75. The first-order valence-electron chi connectivity index (χ1n) is 7.98. The lowest BCUT2D eigenvalue weighted by molar-refractivity contribution is -0.119. The fourth-order valence-electron chi connectivity index (χ4n) is 2.88. The van der Waals surface area contributed by atoms with Gasteiger partial charge >= 0.3 is 0 Å². The van der Waals surface area contributed by atoms with E-state index in [1.54, 1.807) is 24.3 Å². The minimum absolute atomic E-state index is 0.110. The molecule has 0 spiro atoms. The zero-order valence-electron chi connectivity index (χ0n) is 13.9. The van der Waals surface area contributed by atoms with Gasteiger partial charge in [-0.05, 0) is 44.0 Å². The number of ketones is 1. The van der Waals surface area contributed by atoms with Crippen molar-refractivity contribution in [2.75, 3.05) is 11.9 Å². The normalized spacial score (nSPS) is 18.0. The fourth-order valence-corrected chi connectivity index (χ4v) is 6.15. The molecule has 2 aromatic rings. The van der Waals surface area contributed by atoms with Crippen LogP contribution in [0.2, 0.25) is 4.34 Å². The minimum Gasteiger partial charge on any atom is -0.325 e. The highest BCUT2D eigenvalue weighted by Gasteiger charge is 2.40. The minimum atomic E-state index is -3.77. The molecule has 1 N–H and O–H groups in total. The highest BCUT2D eigenvalue weighted by Crippen LogP contribution is 2.32. The van der Waals surface area contributed by atoms with Crippen LogP contribution in [-0.2, 0) is 14.8 Å². The van der Waals surface area contributed by atoms with Crippen molar-refractivity contribution in [3.05, 3.63) is 46.3 Å². The van der Waals surface area contributed by atoms with E-state index in [1.807, 2.05) is 0 Å². The summed E-state index contributed by atoms with van der Waals surface area (Å²) >= 11 is 6.82. The van der Waals surface area contributed by atoms with E-state index in [2.05, 4.69) is 5.32 Å². The molecule has 1 atom stereocenters. The van der Waals surface area contributed by atoms with Crippen molar-refractivity contribution in [2.45, 2.75) is 30.0 Å².